The van der Waals surface area contributed by atoms with Gasteiger partial charge >= 0.3 is 0 Å². The standard InChI is InChI=1S/C15H14BrFO2/c1-9-6-12(7-10(2)14(9)16)19-15-11(8-18)4-3-5-13(15)17/h3-7,18H,8H2,1-2H3. The second kappa shape index (κ2) is 5.72. The summed E-state index contributed by atoms with van der Waals surface area (Å²) in [4.78, 5) is 0. The molecule has 0 spiro atoms. The van der Waals surface area contributed by atoms with Crippen LogP contribution in [0.4, 0.5) is 4.39 Å². The Labute approximate surface area is 120 Å². The first kappa shape index (κ1) is 14.0. The average molecular weight is 325 g/mol. The van der Waals surface area contributed by atoms with Crippen molar-refractivity contribution in [3.63, 3.8) is 0 Å². The van der Waals surface area contributed by atoms with Gasteiger partial charge in [-0.25, -0.2) is 4.39 Å². The fourth-order valence-electron chi connectivity index (χ4n) is 1.88. The van der Waals surface area contributed by atoms with Gasteiger partial charge in [-0.2, -0.15) is 0 Å². The van der Waals surface area contributed by atoms with Crippen molar-refractivity contribution in [1.29, 1.82) is 0 Å². The van der Waals surface area contributed by atoms with Crippen LogP contribution < -0.4 is 4.74 Å². The zero-order valence-electron chi connectivity index (χ0n) is 10.7. The SMILES string of the molecule is Cc1cc(Oc2c(F)cccc2CO)cc(C)c1Br. The van der Waals surface area contributed by atoms with Gasteiger partial charge in [-0.3, -0.25) is 0 Å². The lowest BCUT2D eigenvalue weighted by Crippen LogP contribution is -1.96. The van der Waals surface area contributed by atoms with E-state index >= 15 is 0 Å². The minimum atomic E-state index is -0.482. The van der Waals surface area contributed by atoms with Crippen molar-refractivity contribution >= 4 is 15.9 Å². The second-order valence-electron chi connectivity index (χ2n) is 4.36. The van der Waals surface area contributed by atoms with Gasteiger partial charge in [-0.1, -0.05) is 28.1 Å². The van der Waals surface area contributed by atoms with Gasteiger partial charge < -0.3 is 9.84 Å². The Morgan fingerprint density at radius 1 is 1.21 bits per heavy atom. The summed E-state index contributed by atoms with van der Waals surface area (Å²) >= 11 is 3.47. The number of benzene rings is 2. The van der Waals surface area contributed by atoms with Crippen LogP contribution in [-0.4, -0.2) is 5.11 Å². The van der Waals surface area contributed by atoms with Crippen molar-refractivity contribution in [3.05, 3.63) is 57.3 Å². The van der Waals surface area contributed by atoms with E-state index in [-0.39, 0.29) is 12.4 Å². The molecule has 0 aliphatic carbocycles. The van der Waals surface area contributed by atoms with E-state index in [9.17, 15) is 9.50 Å². The summed E-state index contributed by atoms with van der Waals surface area (Å²) < 4.78 is 20.4. The number of rotatable bonds is 3. The molecule has 0 radical (unpaired) electrons. The summed E-state index contributed by atoms with van der Waals surface area (Å²) in [6.45, 7) is 3.62. The van der Waals surface area contributed by atoms with Crippen molar-refractivity contribution in [1.82, 2.24) is 0 Å². The molecule has 0 saturated carbocycles. The first-order valence-electron chi connectivity index (χ1n) is 5.85. The van der Waals surface area contributed by atoms with Crippen molar-refractivity contribution in [2.24, 2.45) is 0 Å². The van der Waals surface area contributed by atoms with E-state index < -0.39 is 5.82 Å². The van der Waals surface area contributed by atoms with E-state index in [4.69, 9.17) is 4.74 Å². The number of hydrogen-bond donors (Lipinski definition) is 1. The molecule has 0 heterocycles. The number of para-hydroxylation sites is 1. The number of aliphatic hydroxyl groups excluding tert-OH is 1. The summed E-state index contributed by atoms with van der Waals surface area (Å²) in [5, 5.41) is 9.22. The summed E-state index contributed by atoms with van der Waals surface area (Å²) in [6, 6.07) is 8.14. The fraction of sp³-hybridized carbons (Fsp3) is 0.200. The number of aliphatic hydroxyl groups is 1. The molecule has 19 heavy (non-hydrogen) atoms. The van der Waals surface area contributed by atoms with Crippen LogP contribution in [0.2, 0.25) is 0 Å². The van der Waals surface area contributed by atoms with Gasteiger partial charge in [-0.05, 0) is 43.2 Å². The normalized spacial score (nSPS) is 10.6. The molecule has 2 aromatic carbocycles. The van der Waals surface area contributed by atoms with Crippen LogP contribution in [0, 0.1) is 19.7 Å². The third-order valence-electron chi connectivity index (χ3n) is 2.85. The van der Waals surface area contributed by atoms with Crippen molar-refractivity contribution in [3.8, 4) is 11.5 Å². The van der Waals surface area contributed by atoms with Crippen molar-refractivity contribution in [2.45, 2.75) is 20.5 Å². The average Bonchev–Trinajstić information content (AvgIpc) is 2.38. The first-order valence-corrected chi connectivity index (χ1v) is 6.65. The van der Waals surface area contributed by atoms with Crippen molar-refractivity contribution < 1.29 is 14.2 Å². The summed E-state index contributed by atoms with van der Waals surface area (Å²) in [6.07, 6.45) is 0. The van der Waals surface area contributed by atoms with Crippen LogP contribution in [0.3, 0.4) is 0 Å². The number of ether oxygens (including phenoxy) is 1. The summed E-state index contributed by atoms with van der Waals surface area (Å²) in [7, 11) is 0. The Hall–Kier alpha value is -1.39. The Balaban J connectivity index is 2.42. The predicted molar refractivity (Wildman–Crippen MR) is 76.0 cm³/mol. The van der Waals surface area contributed by atoms with Gasteiger partial charge in [0.25, 0.3) is 0 Å². The minimum Gasteiger partial charge on any atom is -0.454 e. The molecule has 1 N–H and O–H groups in total. The Morgan fingerprint density at radius 2 is 1.84 bits per heavy atom. The molecule has 0 aromatic heterocycles. The number of halogens is 2. The smallest absolute Gasteiger partial charge is 0.168 e. The maximum absolute atomic E-state index is 13.8. The number of hydrogen-bond acceptors (Lipinski definition) is 2. The highest BCUT2D eigenvalue weighted by Gasteiger charge is 2.11. The largest absolute Gasteiger partial charge is 0.454 e. The summed E-state index contributed by atoms with van der Waals surface area (Å²) in [5.41, 5.74) is 2.45. The van der Waals surface area contributed by atoms with Gasteiger partial charge in [0.2, 0.25) is 0 Å². The zero-order valence-corrected chi connectivity index (χ0v) is 12.3. The van der Waals surface area contributed by atoms with E-state index in [1.54, 1.807) is 12.1 Å². The van der Waals surface area contributed by atoms with Crippen LogP contribution >= 0.6 is 15.9 Å². The Kier molecular flexibility index (Phi) is 4.22. The number of aryl methyl sites for hydroxylation is 2. The monoisotopic (exact) mass is 324 g/mol. The lowest BCUT2D eigenvalue weighted by molar-refractivity contribution is 0.274. The van der Waals surface area contributed by atoms with Crippen LogP contribution in [0.5, 0.6) is 11.5 Å². The Bertz CT molecular complexity index is 588. The van der Waals surface area contributed by atoms with Crippen molar-refractivity contribution in [2.75, 3.05) is 0 Å². The van der Waals surface area contributed by atoms with E-state index in [0.29, 0.717) is 11.3 Å². The maximum Gasteiger partial charge on any atom is 0.168 e. The highest BCUT2D eigenvalue weighted by atomic mass is 79.9. The third kappa shape index (κ3) is 2.96. The Morgan fingerprint density at radius 3 is 2.42 bits per heavy atom. The molecule has 0 bridgehead atoms. The molecule has 2 aromatic rings. The molecule has 2 rings (SSSR count). The molecule has 0 unspecified atom stereocenters. The lowest BCUT2D eigenvalue weighted by atomic mass is 10.1. The van der Waals surface area contributed by atoms with Gasteiger partial charge in [0, 0.05) is 10.0 Å². The third-order valence-corrected chi connectivity index (χ3v) is 4.10. The fourth-order valence-corrected chi connectivity index (χ4v) is 2.10. The highest BCUT2D eigenvalue weighted by Crippen LogP contribution is 2.32. The quantitative estimate of drug-likeness (QED) is 0.901. The lowest BCUT2D eigenvalue weighted by Gasteiger charge is -2.13. The predicted octanol–water partition coefficient (Wildman–Crippen LogP) is 4.49. The molecule has 100 valence electrons. The van der Waals surface area contributed by atoms with E-state index in [2.05, 4.69) is 15.9 Å². The molecule has 0 aliphatic rings. The molecule has 0 fully saturated rings. The van der Waals surface area contributed by atoms with E-state index in [0.717, 1.165) is 15.6 Å². The molecular formula is C15H14BrFO2. The second-order valence-corrected chi connectivity index (χ2v) is 5.15. The molecule has 0 amide bonds. The molecule has 0 aliphatic heterocycles. The van der Waals surface area contributed by atoms with Crippen LogP contribution in [0.1, 0.15) is 16.7 Å². The van der Waals surface area contributed by atoms with E-state index in [1.165, 1.54) is 6.07 Å². The maximum atomic E-state index is 13.8. The first-order chi connectivity index (χ1) is 9.02. The van der Waals surface area contributed by atoms with Crippen LogP contribution in [-0.2, 0) is 6.61 Å². The highest BCUT2D eigenvalue weighted by molar-refractivity contribution is 9.10. The molecule has 0 atom stereocenters. The molecule has 2 nitrogen and oxygen atoms in total. The van der Waals surface area contributed by atoms with Crippen LogP contribution in [0.15, 0.2) is 34.8 Å². The van der Waals surface area contributed by atoms with Crippen LogP contribution in [0.25, 0.3) is 0 Å². The van der Waals surface area contributed by atoms with Gasteiger partial charge in [-0.15, -0.1) is 0 Å². The minimum absolute atomic E-state index is 0.0751. The van der Waals surface area contributed by atoms with Gasteiger partial charge in [0.05, 0.1) is 6.61 Å². The zero-order chi connectivity index (χ0) is 14.0. The van der Waals surface area contributed by atoms with Gasteiger partial charge in [0.1, 0.15) is 5.75 Å². The van der Waals surface area contributed by atoms with Gasteiger partial charge in [0.15, 0.2) is 11.6 Å². The molecule has 4 heteroatoms. The van der Waals surface area contributed by atoms with E-state index in [1.807, 2.05) is 26.0 Å². The molecule has 0 saturated heterocycles. The topological polar surface area (TPSA) is 29.5 Å². The molecular weight excluding hydrogens is 311 g/mol. The summed E-state index contributed by atoms with van der Waals surface area (Å²) in [5.74, 6) is 0.147.